The molecule has 1 aromatic carbocycles. The maximum absolute atomic E-state index is 13.1. The van der Waals surface area contributed by atoms with Crippen molar-refractivity contribution in [3.63, 3.8) is 0 Å². The average Bonchev–Trinajstić information content (AvgIpc) is 2.74. The third-order valence-electron chi connectivity index (χ3n) is 6.47. The number of likely N-dealkylation sites (tertiary alicyclic amines) is 1. The van der Waals surface area contributed by atoms with E-state index in [0.29, 0.717) is 6.42 Å². The Morgan fingerprint density at radius 3 is 2.30 bits per heavy atom. The lowest BCUT2D eigenvalue weighted by Gasteiger charge is -2.36. The van der Waals surface area contributed by atoms with Crippen LogP contribution >= 0.6 is 0 Å². The van der Waals surface area contributed by atoms with Gasteiger partial charge in [-0.3, -0.25) is 9.59 Å². The van der Waals surface area contributed by atoms with Gasteiger partial charge in [0.15, 0.2) is 0 Å². The molecule has 1 atom stereocenters. The van der Waals surface area contributed by atoms with Crippen LogP contribution in [0.5, 0.6) is 0 Å². The van der Waals surface area contributed by atoms with E-state index in [0.717, 1.165) is 37.4 Å². The van der Waals surface area contributed by atoms with Gasteiger partial charge in [-0.25, -0.2) is 0 Å². The minimum atomic E-state index is -0.627. The Kier molecular flexibility index (Phi) is 8.74. The second-order valence-electron chi connectivity index (χ2n) is 9.60. The van der Waals surface area contributed by atoms with Crippen LogP contribution in [0.15, 0.2) is 30.3 Å². The molecule has 5 nitrogen and oxygen atoms in total. The number of hydrogen-bond acceptors (Lipinski definition) is 3. The number of piperidine rings is 1. The molecule has 1 saturated heterocycles. The highest BCUT2D eigenvalue weighted by Gasteiger charge is 2.28. The zero-order valence-corrected chi connectivity index (χ0v) is 18.7. The molecule has 2 N–H and O–H groups in total. The first-order valence-corrected chi connectivity index (χ1v) is 11.9. The van der Waals surface area contributed by atoms with Crippen LogP contribution < -0.4 is 10.6 Å². The number of carbonyl (C=O) groups excluding carboxylic acids is 2. The Hall–Kier alpha value is -1.88. The molecule has 1 unspecified atom stereocenters. The lowest BCUT2D eigenvalue weighted by molar-refractivity contribution is -0.130. The van der Waals surface area contributed by atoms with Crippen molar-refractivity contribution < 1.29 is 9.59 Å². The number of rotatable bonds is 8. The summed E-state index contributed by atoms with van der Waals surface area (Å²) in [6, 6.07) is 9.13. The van der Waals surface area contributed by atoms with Crippen LogP contribution in [0.25, 0.3) is 0 Å². The average molecular weight is 414 g/mol. The van der Waals surface area contributed by atoms with Crippen LogP contribution in [-0.4, -0.2) is 42.4 Å². The summed E-state index contributed by atoms with van der Waals surface area (Å²) in [5.74, 6) is 0.960. The number of benzene rings is 1. The molecule has 1 aromatic rings. The molecule has 166 valence electrons. The van der Waals surface area contributed by atoms with Gasteiger partial charge in [0.1, 0.15) is 6.04 Å². The second kappa shape index (κ2) is 11.5. The molecule has 1 aliphatic carbocycles. The maximum atomic E-state index is 13.1. The minimum Gasteiger partial charge on any atom is -0.351 e. The molecule has 2 aliphatic rings. The first-order chi connectivity index (χ1) is 14.5. The van der Waals surface area contributed by atoms with Gasteiger partial charge in [-0.2, -0.15) is 0 Å². The number of nitrogens with one attached hydrogen (secondary N) is 2. The van der Waals surface area contributed by atoms with Crippen LogP contribution in [-0.2, 0) is 9.59 Å². The topological polar surface area (TPSA) is 61.4 Å². The normalized spacial score (nSPS) is 20.1. The molecule has 1 heterocycles. The van der Waals surface area contributed by atoms with Crippen molar-refractivity contribution in [3.8, 4) is 0 Å². The predicted octanol–water partition coefficient (Wildman–Crippen LogP) is 4.05. The standard InChI is InChI=1S/C25H39N3O2/c1-19(2)17-23(29)27-24(21-11-7-4-8-12-21)25(30)26-22-13-15-28(16-14-22)18-20-9-5-3-6-10-20/h4,7-8,11-12,19-20,22,24H,3,5-6,9-10,13-18H2,1-2H3,(H,26,30)(H,27,29). The third kappa shape index (κ3) is 7.12. The zero-order chi connectivity index (χ0) is 21.3. The fourth-order valence-electron chi connectivity index (χ4n) is 4.82. The lowest BCUT2D eigenvalue weighted by Crippen LogP contribution is -2.49. The summed E-state index contributed by atoms with van der Waals surface area (Å²) in [5.41, 5.74) is 0.835. The van der Waals surface area contributed by atoms with Crippen LogP contribution in [0.1, 0.15) is 76.8 Å². The van der Waals surface area contributed by atoms with E-state index in [1.807, 2.05) is 44.2 Å². The van der Waals surface area contributed by atoms with Gasteiger partial charge in [-0.05, 0) is 43.1 Å². The monoisotopic (exact) mass is 413 g/mol. The Labute approximate surface area is 182 Å². The molecule has 2 fully saturated rings. The van der Waals surface area contributed by atoms with Gasteiger partial charge in [0.25, 0.3) is 0 Å². The van der Waals surface area contributed by atoms with Gasteiger partial charge < -0.3 is 15.5 Å². The van der Waals surface area contributed by atoms with E-state index in [-0.39, 0.29) is 23.8 Å². The molecule has 0 aromatic heterocycles. The minimum absolute atomic E-state index is 0.0729. The summed E-state index contributed by atoms with van der Waals surface area (Å²) in [7, 11) is 0. The van der Waals surface area contributed by atoms with E-state index in [2.05, 4.69) is 15.5 Å². The van der Waals surface area contributed by atoms with Crippen molar-refractivity contribution in [1.29, 1.82) is 0 Å². The molecule has 0 bridgehead atoms. The zero-order valence-electron chi connectivity index (χ0n) is 18.7. The first-order valence-electron chi connectivity index (χ1n) is 11.9. The van der Waals surface area contributed by atoms with E-state index in [4.69, 9.17) is 0 Å². The van der Waals surface area contributed by atoms with E-state index in [1.54, 1.807) is 0 Å². The Bertz CT molecular complexity index is 662. The second-order valence-corrected chi connectivity index (χ2v) is 9.60. The summed E-state index contributed by atoms with van der Waals surface area (Å²) in [6.07, 6.45) is 9.34. The summed E-state index contributed by atoms with van der Waals surface area (Å²) in [4.78, 5) is 28.0. The third-order valence-corrected chi connectivity index (χ3v) is 6.47. The smallest absolute Gasteiger partial charge is 0.247 e. The molecule has 30 heavy (non-hydrogen) atoms. The Morgan fingerprint density at radius 2 is 1.67 bits per heavy atom. The highest BCUT2D eigenvalue weighted by atomic mass is 16.2. The van der Waals surface area contributed by atoms with Crippen LogP contribution in [0.2, 0.25) is 0 Å². The van der Waals surface area contributed by atoms with E-state index >= 15 is 0 Å². The van der Waals surface area contributed by atoms with Crippen molar-refractivity contribution in [2.45, 2.75) is 77.3 Å². The first kappa shape index (κ1) is 22.8. The van der Waals surface area contributed by atoms with Gasteiger partial charge in [-0.15, -0.1) is 0 Å². The highest BCUT2D eigenvalue weighted by Crippen LogP contribution is 2.25. The van der Waals surface area contributed by atoms with Gasteiger partial charge in [0.05, 0.1) is 0 Å². The number of nitrogens with zero attached hydrogens (tertiary/aromatic N) is 1. The van der Waals surface area contributed by atoms with Crippen molar-refractivity contribution in [3.05, 3.63) is 35.9 Å². The number of amides is 2. The largest absolute Gasteiger partial charge is 0.351 e. The lowest BCUT2D eigenvalue weighted by atomic mass is 9.88. The summed E-state index contributed by atoms with van der Waals surface area (Å²) < 4.78 is 0. The van der Waals surface area contributed by atoms with E-state index in [1.165, 1.54) is 38.6 Å². The number of carbonyl (C=O) groups is 2. The van der Waals surface area contributed by atoms with E-state index < -0.39 is 6.04 Å². The Balaban J connectivity index is 1.52. The Morgan fingerprint density at radius 1 is 1.00 bits per heavy atom. The van der Waals surface area contributed by atoms with Crippen molar-refractivity contribution >= 4 is 11.8 Å². The molecule has 3 rings (SSSR count). The molecule has 1 aliphatic heterocycles. The van der Waals surface area contributed by atoms with Crippen LogP contribution in [0.4, 0.5) is 0 Å². The maximum Gasteiger partial charge on any atom is 0.247 e. The van der Waals surface area contributed by atoms with E-state index in [9.17, 15) is 9.59 Å². The summed E-state index contributed by atoms with van der Waals surface area (Å²) >= 11 is 0. The fraction of sp³-hybridized carbons (Fsp3) is 0.680. The van der Waals surface area contributed by atoms with Gasteiger partial charge in [0, 0.05) is 32.1 Å². The molecule has 5 heteroatoms. The quantitative estimate of drug-likeness (QED) is 0.676. The number of hydrogen-bond donors (Lipinski definition) is 2. The molecule has 1 saturated carbocycles. The van der Waals surface area contributed by atoms with Crippen molar-refractivity contribution in [1.82, 2.24) is 15.5 Å². The summed E-state index contributed by atoms with van der Waals surface area (Å²) in [5, 5.41) is 6.18. The predicted molar refractivity (Wildman–Crippen MR) is 121 cm³/mol. The molecular formula is C25H39N3O2. The molecular weight excluding hydrogens is 374 g/mol. The van der Waals surface area contributed by atoms with Gasteiger partial charge in [-0.1, -0.05) is 63.4 Å². The van der Waals surface area contributed by atoms with Crippen LogP contribution in [0, 0.1) is 11.8 Å². The molecule has 0 radical (unpaired) electrons. The van der Waals surface area contributed by atoms with Gasteiger partial charge in [0.2, 0.25) is 11.8 Å². The van der Waals surface area contributed by atoms with Gasteiger partial charge >= 0.3 is 0 Å². The molecule has 2 amide bonds. The van der Waals surface area contributed by atoms with Crippen LogP contribution in [0.3, 0.4) is 0 Å². The van der Waals surface area contributed by atoms with Crippen molar-refractivity contribution in [2.24, 2.45) is 11.8 Å². The molecule has 0 spiro atoms. The summed E-state index contributed by atoms with van der Waals surface area (Å²) in [6.45, 7) is 7.35. The SMILES string of the molecule is CC(C)CC(=O)NC(C(=O)NC1CCN(CC2CCCCC2)CC1)c1ccccc1. The highest BCUT2D eigenvalue weighted by molar-refractivity contribution is 5.88. The fourth-order valence-corrected chi connectivity index (χ4v) is 4.82. The van der Waals surface area contributed by atoms with Crippen molar-refractivity contribution in [2.75, 3.05) is 19.6 Å².